The lowest BCUT2D eigenvalue weighted by Gasteiger charge is -2.27. The Morgan fingerprint density at radius 2 is 2.11 bits per heavy atom. The second-order valence-corrected chi connectivity index (χ2v) is 8.33. The van der Waals surface area contributed by atoms with Crippen LogP contribution in [0.15, 0.2) is 18.5 Å². The molecule has 5 atom stereocenters. The number of esters is 1. The molecule has 10 heteroatoms. The second-order valence-electron chi connectivity index (χ2n) is 8.33. The maximum atomic E-state index is 12.2. The average Bonchev–Trinajstić information content (AvgIpc) is 3.16. The summed E-state index contributed by atoms with van der Waals surface area (Å²) in [4.78, 5) is 16.1. The molecule has 0 amide bonds. The molecule has 6 N–H and O–H groups in total. The van der Waals surface area contributed by atoms with E-state index in [1.54, 1.807) is 19.1 Å². The zero-order valence-electron chi connectivity index (χ0n) is 16.4. The summed E-state index contributed by atoms with van der Waals surface area (Å²) in [6.45, 7) is 6.87. The fourth-order valence-corrected chi connectivity index (χ4v) is 3.26. The highest BCUT2D eigenvalue weighted by Gasteiger charge is 2.54. The van der Waals surface area contributed by atoms with E-state index in [-0.39, 0.29) is 12.4 Å². The number of nitrogen functional groups attached to an aromatic ring is 1. The van der Waals surface area contributed by atoms with Crippen LogP contribution in [-0.2, 0) is 19.9 Å². The maximum Gasteiger partial charge on any atom is 0.323 e. The fraction of sp³-hybridized carbons (Fsp3) is 0.611. The number of nitrogens with zero attached hydrogens (tertiary/aromatic N) is 3. The highest BCUT2D eigenvalue weighted by molar-refractivity contribution is 5.76. The Morgan fingerprint density at radius 3 is 2.75 bits per heavy atom. The molecule has 0 aromatic carbocycles. The molecule has 28 heavy (non-hydrogen) atoms. The molecular weight excluding hydrogens is 366 g/mol. The molecule has 2 aromatic heterocycles. The number of nitrogens with two attached hydrogens (primary N) is 2. The van der Waals surface area contributed by atoms with Gasteiger partial charge in [-0.15, -0.1) is 0 Å². The van der Waals surface area contributed by atoms with Crippen molar-refractivity contribution in [3.63, 3.8) is 0 Å². The molecule has 3 heterocycles. The van der Waals surface area contributed by atoms with E-state index >= 15 is 0 Å². The minimum absolute atomic E-state index is 0.239. The Balaban J connectivity index is 1.80. The van der Waals surface area contributed by atoms with Crippen molar-refractivity contribution in [2.45, 2.75) is 57.6 Å². The normalized spacial score (nSPS) is 29.2. The first kappa shape index (κ1) is 20.5. The molecule has 1 aliphatic rings. The summed E-state index contributed by atoms with van der Waals surface area (Å²) >= 11 is 0. The van der Waals surface area contributed by atoms with Crippen LogP contribution >= 0.6 is 0 Å². The third-order valence-corrected chi connectivity index (χ3v) is 5.23. The number of aliphatic hydroxyl groups excluding tert-OH is 2. The molecule has 1 saturated heterocycles. The molecule has 0 bridgehead atoms. The van der Waals surface area contributed by atoms with E-state index in [0.29, 0.717) is 11.2 Å². The monoisotopic (exact) mass is 393 g/mol. The van der Waals surface area contributed by atoms with Crippen molar-refractivity contribution in [2.24, 2.45) is 11.1 Å². The molecule has 10 nitrogen and oxygen atoms in total. The van der Waals surface area contributed by atoms with Crippen LogP contribution in [0.3, 0.4) is 0 Å². The minimum Gasteiger partial charge on any atom is -0.462 e. The van der Waals surface area contributed by atoms with E-state index in [4.69, 9.17) is 20.9 Å². The van der Waals surface area contributed by atoms with Crippen molar-refractivity contribution in [3.05, 3.63) is 24.2 Å². The van der Waals surface area contributed by atoms with E-state index in [0.717, 1.165) is 0 Å². The van der Waals surface area contributed by atoms with Gasteiger partial charge in [0.1, 0.15) is 48.4 Å². The summed E-state index contributed by atoms with van der Waals surface area (Å²) < 4.78 is 12.7. The summed E-state index contributed by atoms with van der Waals surface area (Å²) in [5.74, 6) is -0.320. The van der Waals surface area contributed by atoms with Crippen molar-refractivity contribution < 1.29 is 24.5 Å². The smallest absolute Gasteiger partial charge is 0.323 e. The Labute approximate surface area is 162 Å². The molecule has 0 saturated carbocycles. The maximum absolute atomic E-state index is 12.2. The van der Waals surface area contributed by atoms with Crippen LogP contribution in [0.1, 0.15) is 33.4 Å². The molecular formula is C18H27N5O5. The van der Waals surface area contributed by atoms with Gasteiger partial charge in [0.15, 0.2) is 5.82 Å². The van der Waals surface area contributed by atoms with Crippen LogP contribution in [-0.4, -0.2) is 61.7 Å². The van der Waals surface area contributed by atoms with Gasteiger partial charge in [0.25, 0.3) is 0 Å². The number of carbonyl (C=O) groups is 1. The van der Waals surface area contributed by atoms with Crippen LogP contribution in [0.4, 0.5) is 5.82 Å². The Hall–Kier alpha value is -2.27. The standard InChI is InChI=1S/C18H27N5O5/c1-17(2,3)13(19)16(26)27-7-10-12(24)14(25)18(4,28-10)11-6-5-9-15(20)21-8-22-23(9)11/h5-6,8,10,12-14,24-25H,7,19H2,1-4H3,(H2,20,21,22)/t10-,12-,13+,14-,18+/m1/s1. The predicted molar refractivity (Wildman–Crippen MR) is 100 cm³/mol. The van der Waals surface area contributed by atoms with Gasteiger partial charge in [0.05, 0.1) is 5.69 Å². The number of aliphatic hydroxyl groups is 2. The number of hydrogen-bond donors (Lipinski definition) is 4. The Bertz CT molecular complexity index is 879. The lowest BCUT2D eigenvalue weighted by Crippen LogP contribution is -2.44. The van der Waals surface area contributed by atoms with E-state index in [9.17, 15) is 15.0 Å². The molecule has 1 aliphatic heterocycles. The van der Waals surface area contributed by atoms with Crippen LogP contribution < -0.4 is 11.5 Å². The first-order valence-corrected chi connectivity index (χ1v) is 9.01. The van der Waals surface area contributed by atoms with E-state index < -0.39 is 41.3 Å². The number of carbonyl (C=O) groups excluding carboxylic acids is 1. The summed E-state index contributed by atoms with van der Waals surface area (Å²) in [6.07, 6.45) is -2.18. The average molecular weight is 393 g/mol. The fourth-order valence-electron chi connectivity index (χ4n) is 3.26. The molecule has 3 rings (SSSR count). The molecule has 0 radical (unpaired) electrons. The topological polar surface area (TPSA) is 158 Å². The lowest BCUT2D eigenvalue weighted by molar-refractivity contribution is -0.156. The second kappa shape index (κ2) is 6.96. The van der Waals surface area contributed by atoms with Crippen molar-refractivity contribution in [3.8, 4) is 0 Å². The van der Waals surface area contributed by atoms with Crippen LogP contribution in [0, 0.1) is 5.41 Å². The number of rotatable bonds is 4. The van der Waals surface area contributed by atoms with Crippen molar-refractivity contribution >= 4 is 17.3 Å². The number of hydrogen-bond acceptors (Lipinski definition) is 9. The van der Waals surface area contributed by atoms with Gasteiger partial charge in [-0.2, -0.15) is 5.10 Å². The van der Waals surface area contributed by atoms with Crippen LogP contribution in [0.2, 0.25) is 0 Å². The third kappa shape index (κ3) is 3.32. The van der Waals surface area contributed by atoms with Gasteiger partial charge >= 0.3 is 5.97 Å². The zero-order chi connectivity index (χ0) is 20.9. The molecule has 154 valence electrons. The van der Waals surface area contributed by atoms with Gasteiger partial charge < -0.3 is 31.2 Å². The van der Waals surface area contributed by atoms with Crippen molar-refractivity contribution in [1.82, 2.24) is 14.6 Å². The van der Waals surface area contributed by atoms with Crippen LogP contribution in [0.25, 0.3) is 5.52 Å². The number of aromatic nitrogens is 3. The Morgan fingerprint density at radius 1 is 1.43 bits per heavy atom. The van der Waals surface area contributed by atoms with Crippen molar-refractivity contribution in [2.75, 3.05) is 12.3 Å². The van der Waals surface area contributed by atoms with Gasteiger partial charge in [0.2, 0.25) is 0 Å². The van der Waals surface area contributed by atoms with E-state index in [1.807, 2.05) is 20.8 Å². The molecule has 2 aromatic rings. The summed E-state index contributed by atoms with van der Waals surface area (Å²) in [6, 6.07) is 2.57. The zero-order valence-corrected chi connectivity index (χ0v) is 16.4. The van der Waals surface area contributed by atoms with Gasteiger partial charge in [0, 0.05) is 0 Å². The molecule has 1 fully saturated rings. The molecule has 0 aliphatic carbocycles. The number of ether oxygens (including phenoxy) is 2. The molecule has 0 unspecified atom stereocenters. The summed E-state index contributed by atoms with van der Waals surface area (Å²) in [5.41, 5.74) is 11.0. The quantitative estimate of drug-likeness (QED) is 0.505. The SMILES string of the molecule is CC(C)(C)[C@@H](N)C(=O)OC[C@H]1O[C@@](C)(c2ccc3c(N)ncnn23)[C@H](O)[C@@H]1O. The van der Waals surface area contributed by atoms with Gasteiger partial charge in [-0.25, -0.2) is 9.50 Å². The van der Waals surface area contributed by atoms with E-state index in [1.165, 1.54) is 10.8 Å². The van der Waals surface area contributed by atoms with E-state index in [2.05, 4.69) is 10.1 Å². The Kier molecular flexibility index (Phi) is 5.09. The highest BCUT2D eigenvalue weighted by atomic mass is 16.6. The first-order chi connectivity index (χ1) is 13.0. The molecule has 0 spiro atoms. The van der Waals surface area contributed by atoms with Crippen LogP contribution in [0.5, 0.6) is 0 Å². The van der Waals surface area contributed by atoms with Gasteiger partial charge in [-0.3, -0.25) is 4.79 Å². The summed E-state index contributed by atoms with van der Waals surface area (Å²) in [5, 5.41) is 25.3. The first-order valence-electron chi connectivity index (χ1n) is 9.01. The predicted octanol–water partition coefficient (Wildman–Crippen LogP) is -0.436. The third-order valence-electron chi connectivity index (χ3n) is 5.23. The van der Waals surface area contributed by atoms with Gasteiger partial charge in [-0.05, 0) is 24.5 Å². The minimum atomic E-state index is -1.30. The largest absolute Gasteiger partial charge is 0.462 e. The highest BCUT2D eigenvalue weighted by Crippen LogP contribution is 2.40. The van der Waals surface area contributed by atoms with Gasteiger partial charge in [-0.1, -0.05) is 20.8 Å². The van der Waals surface area contributed by atoms with Crippen molar-refractivity contribution in [1.29, 1.82) is 0 Å². The summed E-state index contributed by atoms with van der Waals surface area (Å²) in [7, 11) is 0. The number of fused-ring (bicyclic) bond motifs is 1. The number of anilines is 1. The lowest BCUT2D eigenvalue weighted by atomic mass is 9.87.